The highest BCUT2D eigenvalue weighted by molar-refractivity contribution is 9.10. The number of amides is 1. The average Bonchev–Trinajstić information content (AvgIpc) is 2.79. The smallest absolute Gasteiger partial charge is 0.224 e. The molecular formula is C13H18BrClN2O. The highest BCUT2D eigenvalue weighted by atomic mass is 79.9. The van der Waals surface area contributed by atoms with Gasteiger partial charge in [-0.3, -0.25) is 4.79 Å². The van der Waals surface area contributed by atoms with Crippen LogP contribution >= 0.6 is 28.3 Å². The Bertz CT molecular complexity index is 394. The minimum atomic E-state index is 0. The number of nitrogens with one attached hydrogen (secondary N) is 2. The van der Waals surface area contributed by atoms with Gasteiger partial charge in [-0.05, 0) is 44.0 Å². The van der Waals surface area contributed by atoms with Crippen LogP contribution in [0.15, 0.2) is 28.7 Å². The Morgan fingerprint density at radius 1 is 1.50 bits per heavy atom. The molecule has 3 nitrogen and oxygen atoms in total. The highest BCUT2D eigenvalue weighted by Gasteiger charge is 2.15. The second-order valence-electron chi connectivity index (χ2n) is 4.39. The van der Waals surface area contributed by atoms with Gasteiger partial charge < -0.3 is 10.6 Å². The number of carbonyl (C=O) groups is 1. The van der Waals surface area contributed by atoms with Crippen molar-refractivity contribution in [2.24, 2.45) is 0 Å². The lowest BCUT2D eigenvalue weighted by molar-refractivity contribution is -0.116. The summed E-state index contributed by atoms with van der Waals surface area (Å²) < 4.78 is 0.979. The van der Waals surface area contributed by atoms with Crippen LogP contribution in [0.3, 0.4) is 0 Å². The van der Waals surface area contributed by atoms with Gasteiger partial charge in [-0.15, -0.1) is 12.4 Å². The summed E-state index contributed by atoms with van der Waals surface area (Å²) in [7, 11) is 0. The quantitative estimate of drug-likeness (QED) is 0.887. The number of hydrogen-bond donors (Lipinski definition) is 2. The molecule has 0 aliphatic carbocycles. The van der Waals surface area contributed by atoms with Crippen molar-refractivity contribution in [3.05, 3.63) is 28.7 Å². The molecule has 2 N–H and O–H groups in total. The molecule has 1 heterocycles. The lowest BCUT2D eigenvalue weighted by Gasteiger charge is -2.10. The number of anilines is 1. The van der Waals surface area contributed by atoms with E-state index >= 15 is 0 Å². The van der Waals surface area contributed by atoms with Crippen molar-refractivity contribution >= 4 is 39.9 Å². The zero-order chi connectivity index (χ0) is 12.1. The van der Waals surface area contributed by atoms with Crippen molar-refractivity contribution in [2.45, 2.75) is 31.7 Å². The molecule has 0 spiro atoms. The van der Waals surface area contributed by atoms with E-state index < -0.39 is 0 Å². The normalized spacial score (nSPS) is 18.2. The molecule has 1 aliphatic heterocycles. The maximum absolute atomic E-state index is 11.7. The Labute approximate surface area is 122 Å². The number of carbonyl (C=O) groups excluding carboxylic acids is 1. The molecule has 1 saturated heterocycles. The molecule has 0 aromatic heterocycles. The summed E-state index contributed by atoms with van der Waals surface area (Å²) in [5.41, 5.74) is 0.851. The van der Waals surface area contributed by atoms with Crippen LogP contribution in [0.1, 0.15) is 25.7 Å². The summed E-state index contributed by atoms with van der Waals surface area (Å²) in [6.45, 7) is 1.10. The van der Waals surface area contributed by atoms with Gasteiger partial charge in [0.1, 0.15) is 0 Å². The van der Waals surface area contributed by atoms with Gasteiger partial charge in [0, 0.05) is 22.6 Å². The van der Waals surface area contributed by atoms with E-state index in [2.05, 4.69) is 26.6 Å². The van der Waals surface area contributed by atoms with Crippen molar-refractivity contribution in [3.8, 4) is 0 Å². The third kappa shape index (κ3) is 4.96. The van der Waals surface area contributed by atoms with Crippen molar-refractivity contribution in [1.29, 1.82) is 0 Å². The Morgan fingerprint density at radius 2 is 2.33 bits per heavy atom. The van der Waals surface area contributed by atoms with Crippen LogP contribution in [0, 0.1) is 0 Å². The average molecular weight is 334 g/mol. The number of rotatable bonds is 4. The van der Waals surface area contributed by atoms with Gasteiger partial charge in [-0.1, -0.05) is 22.0 Å². The first kappa shape index (κ1) is 15.5. The van der Waals surface area contributed by atoms with E-state index in [-0.39, 0.29) is 18.3 Å². The highest BCUT2D eigenvalue weighted by Crippen LogP contribution is 2.16. The molecule has 1 fully saturated rings. The van der Waals surface area contributed by atoms with E-state index in [1.165, 1.54) is 12.8 Å². The van der Waals surface area contributed by atoms with Crippen LogP contribution in [-0.4, -0.2) is 18.5 Å². The Morgan fingerprint density at radius 3 is 3.00 bits per heavy atom. The second-order valence-corrected chi connectivity index (χ2v) is 5.31. The number of hydrogen-bond acceptors (Lipinski definition) is 2. The molecule has 0 radical (unpaired) electrons. The third-order valence-corrected chi connectivity index (χ3v) is 3.48. The lowest BCUT2D eigenvalue weighted by atomic mass is 10.1. The standard InChI is InChI=1S/C13H17BrN2O.ClH/c14-10-3-1-4-12(9-10)16-13(17)7-6-11-5-2-8-15-11;/h1,3-4,9,11,15H,2,5-8H2,(H,16,17);1H. The van der Waals surface area contributed by atoms with Crippen molar-refractivity contribution in [1.82, 2.24) is 5.32 Å². The topological polar surface area (TPSA) is 41.1 Å². The van der Waals surface area contributed by atoms with Gasteiger partial charge >= 0.3 is 0 Å². The first-order valence-electron chi connectivity index (χ1n) is 6.03. The number of halogens is 2. The molecule has 5 heteroatoms. The fraction of sp³-hybridized carbons (Fsp3) is 0.462. The van der Waals surface area contributed by atoms with Gasteiger partial charge in [0.05, 0.1) is 0 Å². The number of benzene rings is 1. The molecule has 0 saturated carbocycles. The third-order valence-electron chi connectivity index (χ3n) is 2.99. The molecule has 1 aromatic rings. The monoisotopic (exact) mass is 332 g/mol. The molecule has 100 valence electrons. The van der Waals surface area contributed by atoms with Gasteiger partial charge in [-0.25, -0.2) is 0 Å². The molecular weight excluding hydrogens is 316 g/mol. The van der Waals surface area contributed by atoms with E-state index in [0.29, 0.717) is 12.5 Å². The summed E-state index contributed by atoms with van der Waals surface area (Å²) in [6, 6.07) is 8.20. The Kier molecular flexibility index (Phi) is 6.68. The Balaban J connectivity index is 0.00000162. The summed E-state index contributed by atoms with van der Waals surface area (Å²) in [6.07, 6.45) is 3.95. The van der Waals surface area contributed by atoms with Crippen LogP contribution < -0.4 is 10.6 Å². The lowest BCUT2D eigenvalue weighted by Crippen LogP contribution is -2.23. The van der Waals surface area contributed by atoms with E-state index in [1.54, 1.807) is 0 Å². The van der Waals surface area contributed by atoms with E-state index in [0.717, 1.165) is 23.1 Å². The molecule has 1 unspecified atom stereocenters. The van der Waals surface area contributed by atoms with Crippen molar-refractivity contribution < 1.29 is 4.79 Å². The summed E-state index contributed by atoms with van der Waals surface area (Å²) in [4.78, 5) is 11.7. The predicted molar refractivity (Wildman–Crippen MR) is 80.3 cm³/mol. The molecule has 2 rings (SSSR count). The predicted octanol–water partition coefficient (Wildman–Crippen LogP) is 3.34. The fourth-order valence-corrected chi connectivity index (χ4v) is 2.50. The summed E-state index contributed by atoms with van der Waals surface area (Å²) in [5, 5.41) is 6.31. The van der Waals surface area contributed by atoms with Crippen LogP contribution in [-0.2, 0) is 4.79 Å². The first-order chi connectivity index (χ1) is 8.24. The molecule has 1 aromatic carbocycles. The molecule has 0 bridgehead atoms. The minimum absolute atomic E-state index is 0. The maximum Gasteiger partial charge on any atom is 0.224 e. The van der Waals surface area contributed by atoms with Crippen LogP contribution in [0.25, 0.3) is 0 Å². The second kappa shape index (κ2) is 7.77. The van der Waals surface area contributed by atoms with Gasteiger partial charge in [0.2, 0.25) is 5.91 Å². The van der Waals surface area contributed by atoms with Crippen LogP contribution in [0.2, 0.25) is 0 Å². The zero-order valence-electron chi connectivity index (χ0n) is 10.1. The minimum Gasteiger partial charge on any atom is -0.326 e. The molecule has 18 heavy (non-hydrogen) atoms. The van der Waals surface area contributed by atoms with Gasteiger partial charge in [-0.2, -0.15) is 0 Å². The van der Waals surface area contributed by atoms with Crippen LogP contribution in [0.4, 0.5) is 5.69 Å². The van der Waals surface area contributed by atoms with E-state index in [9.17, 15) is 4.79 Å². The fourth-order valence-electron chi connectivity index (χ4n) is 2.10. The SMILES string of the molecule is Cl.O=C(CCC1CCCN1)Nc1cccc(Br)c1. The Hall–Kier alpha value is -0.580. The van der Waals surface area contributed by atoms with Crippen LogP contribution in [0.5, 0.6) is 0 Å². The van der Waals surface area contributed by atoms with Gasteiger partial charge in [0.25, 0.3) is 0 Å². The van der Waals surface area contributed by atoms with Crippen molar-refractivity contribution in [2.75, 3.05) is 11.9 Å². The van der Waals surface area contributed by atoms with Gasteiger partial charge in [0.15, 0.2) is 0 Å². The summed E-state index contributed by atoms with van der Waals surface area (Å²) in [5.74, 6) is 0.0943. The van der Waals surface area contributed by atoms with Crippen molar-refractivity contribution in [3.63, 3.8) is 0 Å². The maximum atomic E-state index is 11.7. The largest absolute Gasteiger partial charge is 0.326 e. The van der Waals surface area contributed by atoms with E-state index in [4.69, 9.17) is 0 Å². The molecule has 1 aliphatic rings. The summed E-state index contributed by atoms with van der Waals surface area (Å²) >= 11 is 3.38. The molecule has 1 amide bonds. The first-order valence-corrected chi connectivity index (χ1v) is 6.82. The zero-order valence-corrected chi connectivity index (χ0v) is 12.5. The van der Waals surface area contributed by atoms with E-state index in [1.807, 2.05) is 24.3 Å². The molecule has 1 atom stereocenters.